The SMILES string of the molecule is CCOC(=O)/C=C/C(=O)Nc1ccc(C(=O)NC(C)C)cc1. The van der Waals surface area contributed by atoms with Crippen LogP contribution in [0, 0.1) is 0 Å². The molecule has 0 spiro atoms. The zero-order valence-corrected chi connectivity index (χ0v) is 12.9. The smallest absolute Gasteiger partial charge is 0.330 e. The molecule has 0 atom stereocenters. The van der Waals surface area contributed by atoms with Crippen molar-refractivity contribution < 1.29 is 19.1 Å². The highest BCUT2D eigenvalue weighted by molar-refractivity contribution is 6.03. The highest BCUT2D eigenvalue weighted by atomic mass is 16.5. The zero-order valence-electron chi connectivity index (χ0n) is 12.9. The van der Waals surface area contributed by atoms with E-state index in [0.717, 1.165) is 12.2 Å². The average molecular weight is 304 g/mol. The molecule has 0 radical (unpaired) electrons. The fourth-order valence-corrected chi connectivity index (χ4v) is 1.57. The molecule has 118 valence electrons. The molecule has 0 heterocycles. The molecular formula is C16H20N2O4. The Morgan fingerprint density at radius 3 is 2.32 bits per heavy atom. The maximum atomic E-state index is 11.8. The van der Waals surface area contributed by atoms with Crippen molar-refractivity contribution in [3.63, 3.8) is 0 Å². The lowest BCUT2D eigenvalue weighted by Gasteiger charge is -2.09. The number of anilines is 1. The number of amides is 2. The first-order valence-corrected chi connectivity index (χ1v) is 6.99. The molecule has 2 amide bonds. The lowest BCUT2D eigenvalue weighted by atomic mass is 10.2. The van der Waals surface area contributed by atoms with Gasteiger partial charge in [0.05, 0.1) is 6.61 Å². The van der Waals surface area contributed by atoms with Crippen LogP contribution in [0.4, 0.5) is 5.69 Å². The number of esters is 1. The number of hydrogen-bond acceptors (Lipinski definition) is 4. The molecule has 0 aliphatic heterocycles. The third-order valence-electron chi connectivity index (χ3n) is 2.49. The van der Waals surface area contributed by atoms with Gasteiger partial charge in [0, 0.05) is 29.4 Å². The molecule has 1 aromatic rings. The van der Waals surface area contributed by atoms with Crippen LogP contribution in [0.1, 0.15) is 31.1 Å². The van der Waals surface area contributed by atoms with E-state index in [2.05, 4.69) is 15.4 Å². The minimum atomic E-state index is -0.571. The molecule has 6 nitrogen and oxygen atoms in total. The molecule has 0 aromatic heterocycles. The van der Waals surface area contributed by atoms with Gasteiger partial charge in [-0.1, -0.05) is 0 Å². The molecule has 1 aromatic carbocycles. The zero-order chi connectivity index (χ0) is 16.5. The summed E-state index contributed by atoms with van der Waals surface area (Å²) in [7, 11) is 0. The van der Waals surface area contributed by atoms with E-state index in [4.69, 9.17) is 0 Å². The molecule has 1 rings (SSSR count). The van der Waals surface area contributed by atoms with Crippen LogP contribution in [0.15, 0.2) is 36.4 Å². The van der Waals surface area contributed by atoms with Crippen molar-refractivity contribution in [1.29, 1.82) is 0 Å². The molecule has 22 heavy (non-hydrogen) atoms. The molecule has 0 fully saturated rings. The fourth-order valence-electron chi connectivity index (χ4n) is 1.57. The topological polar surface area (TPSA) is 84.5 Å². The van der Waals surface area contributed by atoms with Crippen LogP contribution in [0.3, 0.4) is 0 Å². The van der Waals surface area contributed by atoms with Gasteiger partial charge in [0.2, 0.25) is 5.91 Å². The second-order valence-electron chi connectivity index (χ2n) is 4.78. The molecule has 0 aliphatic rings. The van der Waals surface area contributed by atoms with E-state index in [0.29, 0.717) is 11.3 Å². The summed E-state index contributed by atoms with van der Waals surface area (Å²) in [4.78, 5) is 34.4. The Balaban J connectivity index is 2.59. The lowest BCUT2D eigenvalue weighted by Crippen LogP contribution is -2.29. The first-order chi connectivity index (χ1) is 10.4. The molecule has 0 bridgehead atoms. The summed E-state index contributed by atoms with van der Waals surface area (Å²) in [5.74, 6) is -1.19. The van der Waals surface area contributed by atoms with Crippen LogP contribution < -0.4 is 10.6 Å². The summed E-state index contributed by atoms with van der Waals surface area (Å²) in [5, 5.41) is 5.36. The Hall–Kier alpha value is -2.63. The van der Waals surface area contributed by atoms with Gasteiger partial charge in [-0.05, 0) is 45.0 Å². The molecule has 0 unspecified atom stereocenters. The summed E-state index contributed by atoms with van der Waals surface area (Å²) in [5.41, 5.74) is 1.04. The minimum Gasteiger partial charge on any atom is -0.463 e. The van der Waals surface area contributed by atoms with Gasteiger partial charge >= 0.3 is 5.97 Å². The third-order valence-corrected chi connectivity index (χ3v) is 2.49. The van der Waals surface area contributed by atoms with Crippen molar-refractivity contribution in [2.45, 2.75) is 26.8 Å². The molecular weight excluding hydrogens is 284 g/mol. The van der Waals surface area contributed by atoms with Crippen LogP contribution in [0.5, 0.6) is 0 Å². The molecule has 0 saturated heterocycles. The average Bonchev–Trinajstić information content (AvgIpc) is 2.45. The van der Waals surface area contributed by atoms with Gasteiger partial charge in [-0.3, -0.25) is 9.59 Å². The Labute approximate surface area is 129 Å². The van der Waals surface area contributed by atoms with Crippen LogP contribution >= 0.6 is 0 Å². The van der Waals surface area contributed by atoms with Crippen LogP contribution in [-0.2, 0) is 14.3 Å². The third kappa shape index (κ3) is 6.21. The number of nitrogens with one attached hydrogen (secondary N) is 2. The number of rotatable bonds is 6. The fraction of sp³-hybridized carbons (Fsp3) is 0.312. The largest absolute Gasteiger partial charge is 0.463 e. The maximum absolute atomic E-state index is 11.8. The van der Waals surface area contributed by atoms with E-state index in [1.54, 1.807) is 31.2 Å². The first kappa shape index (κ1) is 17.4. The van der Waals surface area contributed by atoms with Gasteiger partial charge in [0.25, 0.3) is 5.91 Å². The summed E-state index contributed by atoms with van der Waals surface area (Å²) < 4.78 is 4.67. The van der Waals surface area contributed by atoms with Gasteiger partial charge < -0.3 is 15.4 Å². The van der Waals surface area contributed by atoms with Gasteiger partial charge in [0.15, 0.2) is 0 Å². The van der Waals surface area contributed by atoms with Crippen molar-refractivity contribution in [1.82, 2.24) is 5.32 Å². The maximum Gasteiger partial charge on any atom is 0.330 e. The van der Waals surface area contributed by atoms with E-state index >= 15 is 0 Å². The van der Waals surface area contributed by atoms with Crippen LogP contribution in [0.25, 0.3) is 0 Å². The highest BCUT2D eigenvalue weighted by Crippen LogP contribution is 2.09. The van der Waals surface area contributed by atoms with E-state index in [1.165, 1.54) is 0 Å². The standard InChI is InChI=1S/C16H20N2O4/c1-4-22-15(20)10-9-14(19)18-13-7-5-12(6-8-13)16(21)17-11(2)3/h5-11H,4H2,1-3H3,(H,17,21)(H,18,19)/b10-9+. The van der Waals surface area contributed by atoms with Gasteiger partial charge in [-0.25, -0.2) is 4.79 Å². The monoisotopic (exact) mass is 304 g/mol. The predicted octanol–water partition coefficient (Wildman–Crippen LogP) is 1.88. The first-order valence-electron chi connectivity index (χ1n) is 6.99. The Kier molecular flexibility index (Phi) is 6.82. The number of carbonyl (C=O) groups excluding carboxylic acids is 3. The van der Waals surface area contributed by atoms with E-state index in [9.17, 15) is 14.4 Å². The number of carbonyl (C=O) groups is 3. The van der Waals surface area contributed by atoms with E-state index in [1.807, 2.05) is 13.8 Å². The van der Waals surface area contributed by atoms with Gasteiger partial charge in [-0.15, -0.1) is 0 Å². The predicted molar refractivity (Wildman–Crippen MR) is 83.4 cm³/mol. The summed E-state index contributed by atoms with van der Waals surface area (Å²) in [6.07, 6.45) is 2.15. The van der Waals surface area contributed by atoms with Crippen LogP contribution in [-0.4, -0.2) is 30.4 Å². The van der Waals surface area contributed by atoms with Crippen LogP contribution in [0.2, 0.25) is 0 Å². The van der Waals surface area contributed by atoms with Gasteiger partial charge in [0.1, 0.15) is 0 Å². The van der Waals surface area contributed by atoms with Crippen molar-refractivity contribution in [2.24, 2.45) is 0 Å². The number of ether oxygens (including phenoxy) is 1. The summed E-state index contributed by atoms with van der Waals surface area (Å²) >= 11 is 0. The molecule has 0 saturated carbocycles. The summed E-state index contributed by atoms with van der Waals surface area (Å²) in [6.45, 7) is 5.69. The van der Waals surface area contributed by atoms with Crippen molar-refractivity contribution in [2.75, 3.05) is 11.9 Å². The minimum absolute atomic E-state index is 0.0555. The second kappa shape index (κ2) is 8.61. The van der Waals surface area contributed by atoms with Crippen molar-refractivity contribution >= 4 is 23.5 Å². The summed E-state index contributed by atoms with van der Waals surface area (Å²) in [6, 6.07) is 6.52. The second-order valence-corrected chi connectivity index (χ2v) is 4.78. The molecule has 0 aliphatic carbocycles. The molecule has 6 heteroatoms. The Morgan fingerprint density at radius 1 is 1.14 bits per heavy atom. The van der Waals surface area contributed by atoms with Gasteiger partial charge in [-0.2, -0.15) is 0 Å². The Morgan fingerprint density at radius 2 is 1.77 bits per heavy atom. The molecule has 2 N–H and O–H groups in total. The highest BCUT2D eigenvalue weighted by Gasteiger charge is 2.07. The van der Waals surface area contributed by atoms with Crippen molar-refractivity contribution in [3.8, 4) is 0 Å². The van der Waals surface area contributed by atoms with E-state index < -0.39 is 11.9 Å². The quantitative estimate of drug-likeness (QED) is 0.621. The van der Waals surface area contributed by atoms with Crippen molar-refractivity contribution in [3.05, 3.63) is 42.0 Å². The number of hydrogen-bond donors (Lipinski definition) is 2. The Bertz CT molecular complexity index is 562. The normalized spacial score (nSPS) is 10.5. The number of benzene rings is 1. The lowest BCUT2D eigenvalue weighted by molar-refractivity contribution is -0.137. The van der Waals surface area contributed by atoms with E-state index in [-0.39, 0.29) is 18.6 Å².